The van der Waals surface area contributed by atoms with Crippen LogP contribution in [0.1, 0.15) is 18.0 Å². The normalized spacial score (nSPS) is 18.1. The Labute approximate surface area is 95.4 Å². The van der Waals surface area contributed by atoms with Crippen molar-refractivity contribution >= 4 is 6.03 Å². The van der Waals surface area contributed by atoms with Crippen LogP contribution in [0.5, 0.6) is 0 Å². The van der Waals surface area contributed by atoms with Gasteiger partial charge >= 0.3 is 6.03 Å². The summed E-state index contributed by atoms with van der Waals surface area (Å²) in [6.45, 7) is 2.00. The fourth-order valence-corrected chi connectivity index (χ4v) is 2.06. The summed E-state index contributed by atoms with van der Waals surface area (Å²) in [6.07, 6.45) is 0.981. The van der Waals surface area contributed by atoms with Crippen LogP contribution in [0.4, 0.5) is 4.79 Å². The summed E-state index contributed by atoms with van der Waals surface area (Å²) >= 11 is 0. The molecule has 0 aliphatic carbocycles. The maximum Gasteiger partial charge on any atom is 0.317 e. The van der Waals surface area contributed by atoms with Gasteiger partial charge in [0.2, 0.25) is 0 Å². The average Bonchev–Trinajstić information content (AvgIpc) is 2.34. The second-order valence-corrected chi connectivity index (χ2v) is 3.94. The molecule has 1 aliphatic rings. The van der Waals surface area contributed by atoms with Gasteiger partial charge < -0.3 is 16.0 Å². The quantitative estimate of drug-likeness (QED) is 0.799. The first kappa shape index (κ1) is 11.0. The van der Waals surface area contributed by atoms with Crippen molar-refractivity contribution in [3.8, 4) is 0 Å². The monoisotopic (exact) mass is 219 g/mol. The molecule has 3 N–H and O–H groups in total. The summed E-state index contributed by atoms with van der Waals surface area (Å²) in [4.78, 5) is 13.5. The Morgan fingerprint density at radius 1 is 1.38 bits per heavy atom. The van der Waals surface area contributed by atoms with Crippen molar-refractivity contribution in [1.29, 1.82) is 0 Å². The standard InChI is InChI=1S/C12H17N3O/c13-9-11(10-5-2-1-3-6-10)15-8-4-7-14-12(15)16/h1-3,5-6,11H,4,7-9,13H2,(H,14,16). The summed E-state index contributed by atoms with van der Waals surface area (Å²) in [6, 6.07) is 9.92. The maximum absolute atomic E-state index is 11.7. The molecule has 1 atom stereocenters. The zero-order valence-electron chi connectivity index (χ0n) is 9.23. The van der Waals surface area contributed by atoms with Crippen LogP contribution in [0.3, 0.4) is 0 Å². The summed E-state index contributed by atoms with van der Waals surface area (Å²) in [7, 11) is 0. The molecule has 0 saturated carbocycles. The molecule has 0 aromatic heterocycles. The number of amides is 2. The highest BCUT2D eigenvalue weighted by Gasteiger charge is 2.25. The molecule has 0 radical (unpaired) electrons. The van der Waals surface area contributed by atoms with Crippen molar-refractivity contribution in [2.45, 2.75) is 12.5 Å². The number of benzene rings is 1. The Bertz CT molecular complexity index is 353. The van der Waals surface area contributed by atoms with Crippen LogP contribution in [0.15, 0.2) is 30.3 Å². The lowest BCUT2D eigenvalue weighted by molar-refractivity contribution is 0.163. The molecular formula is C12H17N3O. The molecule has 2 rings (SSSR count). The van der Waals surface area contributed by atoms with E-state index < -0.39 is 0 Å². The Morgan fingerprint density at radius 3 is 2.75 bits per heavy atom. The zero-order valence-corrected chi connectivity index (χ0v) is 9.23. The second-order valence-electron chi connectivity index (χ2n) is 3.94. The molecule has 16 heavy (non-hydrogen) atoms. The molecule has 2 amide bonds. The lowest BCUT2D eigenvalue weighted by atomic mass is 10.0. The van der Waals surface area contributed by atoms with E-state index in [0.717, 1.165) is 25.1 Å². The van der Waals surface area contributed by atoms with Gasteiger partial charge in [0, 0.05) is 19.6 Å². The molecule has 0 spiro atoms. The third-order valence-corrected chi connectivity index (χ3v) is 2.90. The van der Waals surface area contributed by atoms with Crippen molar-refractivity contribution < 1.29 is 4.79 Å². The van der Waals surface area contributed by atoms with Crippen LogP contribution in [0.2, 0.25) is 0 Å². The van der Waals surface area contributed by atoms with Crippen LogP contribution >= 0.6 is 0 Å². The van der Waals surface area contributed by atoms with Gasteiger partial charge in [-0.15, -0.1) is 0 Å². The van der Waals surface area contributed by atoms with E-state index in [-0.39, 0.29) is 12.1 Å². The summed E-state index contributed by atoms with van der Waals surface area (Å²) < 4.78 is 0. The van der Waals surface area contributed by atoms with Crippen LogP contribution in [0, 0.1) is 0 Å². The molecule has 1 aromatic carbocycles. The maximum atomic E-state index is 11.7. The first-order valence-corrected chi connectivity index (χ1v) is 5.62. The van der Waals surface area contributed by atoms with Crippen LogP contribution in [-0.4, -0.2) is 30.6 Å². The Morgan fingerprint density at radius 2 is 2.12 bits per heavy atom. The highest BCUT2D eigenvalue weighted by molar-refractivity contribution is 5.75. The van der Waals surface area contributed by atoms with Crippen molar-refractivity contribution in [2.75, 3.05) is 19.6 Å². The fourth-order valence-electron chi connectivity index (χ4n) is 2.06. The molecule has 4 heteroatoms. The number of nitrogens with zero attached hydrogens (tertiary/aromatic N) is 1. The van der Waals surface area contributed by atoms with Gasteiger partial charge in [-0.2, -0.15) is 0 Å². The van der Waals surface area contributed by atoms with E-state index in [1.54, 1.807) is 0 Å². The number of nitrogens with one attached hydrogen (secondary N) is 1. The van der Waals surface area contributed by atoms with Gasteiger partial charge in [0.05, 0.1) is 6.04 Å². The fraction of sp³-hybridized carbons (Fsp3) is 0.417. The van der Waals surface area contributed by atoms with Crippen molar-refractivity contribution in [3.63, 3.8) is 0 Å². The van der Waals surface area contributed by atoms with E-state index in [1.807, 2.05) is 35.2 Å². The van der Waals surface area contributed by atoms with Crippen molar-refractivity contribution in [2.24, 2.45) is 5.73 Å². The van der Waals surface area contributed by atoms with Gasteiger partial charge in [-0.3, -0.25) is 0 Å². The van der Waals surface area contributed by atoms with Gasteiger partial charge in [0.25, 0.3) is 0 Å². The van der Waals surface area contributed by atoms with E-state index in [4.69, 9.17) is 5.73 Å². The molecule has 1 heterocycles. The predicted octanol–water partition coefficient (Wildman–Crippen LogP) is 1.10. The molecule has 0 bridgehead atoms. The number of rotatable bonds is 3. The number of urea groups is 1. The predicted molar refractivity (Wildman–Crippen MR) is 63.0 cm³/mol. The lowest BCUT2D eigenvalue weighted by Crippen LogP contribution is -2.49. The Kier molecular flexibility index (Phi) is 3.41. The zero-order chi connectivity index (χ0) is 11.4. The summed E-state index contributed by atoms with van der Waals surface area (Å²) in [5.41, 5.74) is 6.88. The average molecular weight is 219 g/mol. The molecule has 1 unspecified atom stereocenters. The van der Waals surface area contributed by atoms with Gasteiger partial charge in [0.15, 0.2) is 0 Å². The highest BCUT2D eigenvalue weighted by Crippen LogP contribution is 2.20. The van der Waals surface area contributed by atoms with Crippen LogP contribution < -0.4 is 11.1 Å². The first-order valence-electron chi connectivity index (χ1n) is 5.62. The topological polar surface area (TPSA) is 58.4 Å². The molecular weight excluding hydrogens is 202 g/mol. The Balaban J connectivity index is 2.18. The third kappa shape index (κ3) is 2.17. The number of hydrogen-bond acceptors (Lipinski definition) is 2. The van der Waals surface area contributed by atoms with E-state index in [2.05, 4.69) is 5.32 Å². The van der Waals surface area contributed by atoms with E-state index >= 15 is 0 Å². The summed E-state index contributed by atoms with van der Waals surface area (Å²) in [5, 5.41) is 2.85. The molecule has 1 aromatic rings. The highest BCUT2D eigenvalue weighted by atomic mass is 16.2. The van der Waals surface area contributed by atoms with E-state index in [9.17, 15) is 4.79 Å². The van der Waals surface area contributed by atoms with Gasteiger partial charge in [-0.05, 0) is 12.0 Å². The minimum atomic E-state index is -0.0125. The van der Waals surface area contributed by atoms with Crippen LogP contribution in [-0.2, 0) is 0 Å². The van der Waals surface area contributed by atoms with E-state index in [0.29, 0.717) is 6.54 Å². The minimum absolute atomic E-state index is 0.00875. The number of nitrogens with two attached hydrogens (primary N) is 1. The van der Waals surface area contributed by atoms with Gasteiger partial charge in [-0.25, -0.2) is 4.79 Å². The smallest absolute Gasteiger partial charge is 0.317 e. The number of carbonyl (C=O) groups excluding carboxylic acids is 1. The van der Waals surface area contributed by atoms with Gasteiger partial charge in [-0.1, -0.05) is 30.3 Å². The molecule has 86 valence electrons. The van der Waals surface area contributed by atoms with E-state index in [1.165, 1.54) is 0 Å². The van der Waals surface area contributed by atoms with Crippen molar-refractivity contribution in [1.82, 2.24) is 10.2 Å². The van der Waals surface area contributed by atoms with Crippen molar-refractivity contribution in [3.05, 3.63) is 35.9 Å². The third-order valence-electron chi connectivity index (χ3n) is 2.90. The van der Waals surface area contributed by atoms with Gasteiger partial charge in [0.1, 0.15) is 0 Å². The Hall–Kier alpha value is -1.55. The minimum Gasteiger partial charge on any atom is -0.338 e. The molecule has 1 aliphatic heterocycles. The molecule has 1 fully saturated rings. The lowest BCUT2D eigenvalue weighted by Gasteiger charge is -2.34. The summed E-state index contributed by atoms with van der Waals surface area (Å²) in [5.74, 6) is 0. The number of hydrogen-bond donors (Lipinski definition) is 2. The molecule has 4 nitrogen and oxygen atoms in total. The molecule has 1 saturated heterocycles. The largest absolute Gasteiger partial charge is 0.338 e. The second kappa shape index (κ2) is 4.99. The van der Waals surface area contributed by atoms with Crippen LogP contribution in [0.25, 0.3) is 0 Å². The first-order chi connectivity index (χ1) is 7.83. The SMILES string of the molecule is NCC(c1ccccc1)N1CCCNC1=O. The number of carbonyl (C=O) groups is 1.